The Bertz CT molecular complexity index is 8140. The van der Waals surface area contributed by atoms with Gasteiger partial charge in [-0.25, -0.2) is 0 Å². The van der Waals surface area contributed by atoms with Crippen LogP contribution in [0.3, 0.4) is 0 Å². The van der Waals surface area contributed by atoms with Crippen molar-refractivity contribution in [1.82, 2.24) is 0 Å². The maximum Gasteiger partial charge on any atom is 0.137 e. The highest BCUT2D eigenvalue weighted by atomic mass is 32.1. The van der Waals surface area contributed by atoms with E-state index in [1.165, 1.54) is 137 Å². The van der Waals surface area contributed by atoms with E-state index in [4.69, 9.17) is 13.3 Å². The maximum atomic E-state index is 6.19. The van der Waals surface area contributed by atoms with E-state index in [0.717, 1.165) is 99.9 Å². The Morgan fingerprint density at radius 3 is 1.18 bits per heavy atom. The summed E-state index contributed by atoms with van der Waals surface area (Å²) in [4.78, 5) is 0. The molecule has 27 rings (SSSR count). The molecule has 23 aromatic rings. The van der Waals surface area contributed by atoms with Crippen molar-refractivity contribution in [2.45, 2.75) is 49.9 Å². The quantitative estimate of drug-likeness (QED) is 0.103. The number of thiophene rings is 1. The first-order chi connectivity index (χ1) is 64.0. The second-order valence-corrected chi connectivity index (χ2v) is 36.5. The molecule has 4 N–H and O–H groups in total. The van der Waals surface area contributed by atoms with Gasteiger partial charge in [0.15, 0.2) is 0 Å². The first-order valence-electron chi connectivity index (χ1n) is 44.8. The van der Waals surface area contributed by atoms with E-state index in [2.05, 4.69) is 419 Å². The molecule has 0 radical (unpaired) electrons. The Labute approximate surface area is 758 Å². The molecule has 620 valence electrons. The molecule has 4 aliphatic rings. The summed E-state index contributed by atoms with van der Waals surface area (Å²) in [5.41, 5.74) is 39.1. The zero-order valence-corrected chi connectivity index (χ0v) is 73.0. The average Bonchev–Trinajstić information content (AvgIpc) is 1.53. The minimum Gasteiger partial charge on any atom is -0.456 e. The Kier molecular flexibility index (Phi) is 18.6. The second kappa shape index (κ2) is 31.2. The topological polar surface area (TPSA) is 87.5 Å². The summed E-state index contributed by atoms with van der Waals surface area (Å²) in [6.07, 6.45) is 0. The lowest BCUT2D eigenvalue weighted by Crippen LogP contribution is -2.28. The van der Waals surface area contributed by atoms with Gasteiger partial charge >= 0.3 is 0 Å². The Hall–Kier alpha value is -16.0. The van der Waals surface area contributed by atoms with Gasteiger partial charge in [0.1, 0.15) is 33.5 Å². The monoisotopic (exact) mass is 1690 g/mol. The summed E-state index contributed by atoms with van der Waals surface area (Å²) in [5, 5.41) is 24.4. The first kappa shape index (κ1) is 77.6. The molecule has 0 saturated carbocycles. The zero-order chi connectivity index (χ0) is 86.8. The third-order valence-corrected chi connectivity index (χ3v) is 28.6. The molecule has 1 atom stereocenters. The van der Waals surface area contributed by atoms with Crippen molar-refractivity contribution in [3.8, 4) is 44.5 Å². The maximum absolute atomic E-state index is 6.19. The predicted molar refractivity (Wildman–Crippen MR) is 545 cm³/mol. The van der Waals surface area contributed by atoms with Crippen LogP contribution in [0.1, 0.15) is 94.8 Å². The van der Waals surface area contributed by atoms with Gasteiger partial charge in [0.05, 0.1) is 27.6 Å². The van der Waals surface area contributed by atoms with Gasteiger partial charge in [-0.15, -0.1) is 11.3 Å². The minimum absolute atomic E-state index is 0.00202. The Balaban J connectivity index is 0.0000000967. The number of hydrogen-bond donors (Lipinski definition) is 4. The van der Waals surface area contributed by atoms with E-state index < -0.39 is 5.41 Å². The summed E-state index contributed by atoms with van der Waals surface area (Å²) in [6, 6.07) is 153. The molecule has 4 aliphatic carbocycles. The van der Waals surface area contributed by atoms with Crippen LogP contribution in [0, 0.1) is 0 Å². The third-order valence-electron chi connectivity index (χ3n) is 27.4. The predicted octanol–water partition coefficient (Wildman–Crippen LogP) is 33.9. The van der Waals surface area contributed by atoms with E-state index in [1.54, 1.807) is 0 Å². The number of hydrogen-bond acceptors (Lipinski definition) is 8. The lowest BCUT2D eigenvalue weighted by molar-refractivity contribution is 0.660. The fraction of sp³-hybridized carbons (Fsp3) is 0.0656. The van der Waals surface area contributed by atoms with Crippen molar-refractivity contribution in [3.63, 3.8) is 0 Å². The van der Waals surface area contributed by atoms with Crippen LogP contribution in [0.15, 0.2) is 444 Å². The van der Waals surface area contributed by atoms with Crippen LogP contribution in [-0.4, -0.2) is 0 Å². The van der Waals surface area contributed by atoms with Gasteiger partial charge in [-0.05, 0) is 198 Å². The van der Waals surface area contributed by atoms with Gasteiger partial charge < -0.3 is 34.5 Å². The SMILES string of the molecule is CC1(C)c2ccccc2-c2c(Nc3cccc4oc5ccccc5c34)cccc21.CC1(C)c2ccccc2-c2c(Nc3cccc4sc5ccccc5c34)cccc21.c1ccc(C2(c3ccccc3)c3ccccc3-c3c(Nc4cccc5oc6ccccc6c45)cccc32)cc1.c1ccc(C2c3ccccc3-c3cc(Nc4ccc5oc6ccccc6c5c4)ccc32)cc1. The third kappa shape index (κ3) is 12.7. The molecule has 0 spiro atoms. The highest BCUT2D eigenvalue weighted by Gasteiger charge is 2.47. The second-order valence-electron chi connectivity index (χ2n) is 35.4. The highest BCUT2D eigenvalue weighted by Crippen LogP contribution is 2.60. The molecule has 7 nitrogen and oxygen atoms in total. The summed E-state index contributed by atoms with van der Waals surface area (Å²) < 4.78 is 20.9. The number of furan rings is 3. The summed E-state index contributed by atoms with van der Waals surface area (Å²) in [5.74, 6) is 0.278. The van der Waals surface area contributed by atoms with Gasteiger partial charge in [0, 0.05) is 109 Å². The highest BCUT2D eigenvalue weighted by molar-refractivity contribution is 7.26. The van der Waals surface area contributed by atoms with Crippen molar-refractivity contribution in [1.29, 1.82) is 0 Å². The fourth-order valence-electron chi connectivity index (χ4n) is 21.6. The number of para-hydroxylation sites is 3. The molecule has 4 heterocycles. The van der Waals surface area contributed by atoms with Crippen LogP contribution in [-0.2, 0) is 16.2 Å². The van der Waals surface area contributed by atoms with Crippen LogP contribution >= 0.6 is 11.3 Å². The van der Waals surface area contributed by atoms with Crippen LogP contribution in [0.2, 0.25) is 0 Å². The number of nitrogens with one attached hydrogen (secondary N) is 4. The van der Waals surface area contributed by atoms with Crippen molar-refractivity contribution in [3.05, 3.63) is 492 Å². The van der Waals surface area contributed by atoms with Gasteiger partial charge in [-0.2, -0.15) is 0 Å². The molecule has 130 heavy (non-hydrogen) atoms. The Morgan fingerprint density at radius 2 is 0.600 bits per heavy atom. The van der Waals surface area contributed by atoms with Crippen molar-refractivity contribution in [2.24, 2.45) is 0 Å². The molecular formula is C122H88N4O3S. The molecule has 0 amide bonds. The first-order valence-corrected chi connectivity index (χ1v) is 45.6. The van der Waals surface area contributed by atoms with E-state index in [1.807, 2.05) is 72.0 Å². The zero-order valence-electron chi connectivity index (χ0n) is 72.2. The van der Waals surface area contributed by atoms with Crippen LogP contribution < -0.4 is 21.3 Å². The van der Waals surface area contributed by atoms with Gasteiger partial charge in [-0.1, -0.05) is 349 Å². The molecule has 19 aromatic carbocycles. The van der Waals surface area contributed by atoms with Crippen molar-refractivity contribution >= 4 is 143 Å². The Morgan fingerprint density at radius 1 is 0.231 bits per heavy atom. The summed E-state index contributed by atoms with van der Waals surface area (Å²) in [6.45, 7) is 9.28. The van der Waals surface area contributed by atoms with E-state index in [-0.39, 0.29) is 16.7 Å². The van der Waals surface area contributed by atoms with Gasteiger partial charge in [0.2, 0.25) is 0 Å². The smallest absolute Gasteiger partial charge is 0.137 e. The molecule has 8 heteroatoms. The molecule has 1 unspecified atom stereocenters. The van der Waals surface area contributed by atoms with Crippen molar-refractivity contribution in [2.75, 3.05) is 21.3 Å². The molecule has 0 bridgehead atoms. The molecule has 0 aliphatic heterocycles. The molecule has 4 aromatic heterocycles. The summed E-state index contributed by atoms with van der Waals surface area (Å²) in [7, 11) is 0. The van der Waals surface area contributed by atoms with E-state index >= 15 is 0 Å². The van der Waals surface area contributed by atoms with Crippen LogP contribution in [0.4, 0.5) is 45.5 Å². The van der Waals surface area contributed by atoms with Gasteiger partial charge in [-0.3, -0.25) is 0 Å². The normalized spacial score (nSPS) is 14.0. The lowest BCUT2D eigenvalue weighted by Gasteiger charge is -2.33. The number of fused-ring (bicyclic) bond motifs is 24. The molecule has 0 saturated heterocycles. The lowest BCUT2D eigenvalue weighted by atomic mass is 9.68. The number of benzene rings is 19. The largest absolute Gasteiger partial charge is 0.456 e. The van der Waals surface area contributed by atoms with E-state index in [0.29, 0.717) is 0 Å². The molecule has 0 fully saturated rings. The standard InChI is InChI=1S/C37H25NO.C31H21NO.C27H21NO.C27H21NS/c1-3-13-25(14-4-1)37(26-15-5-2-6-16-26)29-19-9-7-17-27(29)35-30(37)20-11-21-31(35)38-32-22-12-24-34-36(32)28-18-8-10-23-33(28)39-34;1-2-8-20(9-3-1)31-25-12-5-4-10-23(25)27-18-21(14-16-26(27)31)32-22-15-17-30-28(19-22)24-11-6-7-13-29(24)33-30;2*1-27(2)19-11-5-3-9-17(19)25-20(27)12-7-13-21(25)28-22-14-8-16-24-26(22)18-10-4-6-15-23(18)29-24/h1-24,38H;1-19,31-32H;2*3-16,28H,1-2H3. The summed E-state index contributed by atoms with van der Waals surface area (Å²) >= 11 is 1.86. The average molecular weight is 1690 g/mol. The van der Waals surface area contributed by atoms with E-state index in [9.17, 15) is 0 Å². The van der Waals surface area contributed by atoms with Crippen LogP contribution in [0.5, 0.6) is 0 Å². The molecular weight excluding hydrogens is 1600 g/mol. The van der Waals surface area contributed by atoms with Gasteiger partial charge in [0.25, 0.3) is 0 Å². The number of rotatable bonds is 11. The number of anilines is 8. The fourth-order valence-corrected chi connectivity index (χ4v) is 22.8. The minimum atomic E-state index is -0.416. The van der Waals surface area contributed by atoms with Crippen molar-refractivity contribution < 1.29 is 13.3 Å². The van der Waals surface area contributed by atoms with Crippen LogP contribution in [0.25, 0.3) is 130 Å².